The van der Waals surface area contributed by atoms with Crippen LogP contribution in [0.4, 0.5) is 0 Å². The van der Waals surface area contributed by atoms with E-state index in [1.54, 1.807) is 0 Å². The Hall–Kier alpha value is -0.590. The predicted octanol–water partition coefficient (Wildman–Crippen LogP) is 3.49. The van der Waals surface area contributed by atoms with E-state index < -0.39 is 0 Å². The van der Waals surface area contributed by atoms with Crippen LogP contribution in [0.2, 0.25) is 0 Å². The molecular weight excluding hydrogens is 148 g/mol. The zero-order valence-electron chi connectivity index (χ0n) is 8.31. The fraction of sp³-hybridized carbons (Fsp3) is 0.727. The number of hydrogen-bond acceptors (Lipinski definition) is 1. The molecule has 0 N–H and O–H groups in total. The Morgan fingerprint density at radius 2 is 1.50 bits per heavy atom. The van der Waals surface area contributed by atoms with Gasteiger partial charge < -0.3 is 0 Å². The van der Waals surface area contributed by atoms with Crippen molar-refractivity contribution < 1.29 is 4.79 Å². The van der Waals surface area contributed by atoms with Crippen molar-refractivity contribution in [3.05, 3.63) is 12.2 Å². The van der Waals surface area contributed by atoms with E-state index in [2.05, 4.69) is 12.2 Å². The molecular formula is C11H20O. The molecule has 0 bridgehead atoms. The molecule has 0 aliphatic heterocycles. The van der Waals surface area contributed by atoms with Crippen molar-refractivity contribution in [2.75, 3.05) is 0 Å². The Bertz CT molecular complexity index is 122. The van der Waals surface area contributed by atoms with Crippen LogP contribution in [0, 0.1) is 0 Å². The minimum Gasteiger partial charge on any atom is -0.300 e. The number of carbonyl (C=O) groups excluding carboxylic acids is 1. The van der Waals surface area contributed by atoms with Crippen molar-refractivity contribution in [3.63, 3.8) is 0 Å². The normalized spacial score (nSPS) is 14.8. The summed E-state index contributed by atoms with van der Waals surface area (Å²) in [6, 6.07) is 0. The number of ketones is 1. The maximum atomic E-state index is 10.2. The lowest BCUT2D eigenvalue weighted by molar-refractivity contribution is -0.118. The summed E-state index contributed by atoms with van der Waals surface area (Å²) in [4.78, 5) is 10.2. The summed E-state index contributed by atoms with van der Waals surface area (Å²) in [5, 5.41) is 0. The standard InChI is InChI=1S/C6H10.C5H10O/c1-2-4-6-5-3-1;1-3-5(6)4-2/h1-2H,3-6H2;3-4H2,1-2H3. The second-order valence-electron chi connectivity index (χ2n) is 3.00. The van der Waals surface area contributed by atoms with Gasteiger partial charge in [-0.2, -0.15) is 0 Å². The molecule has 70 valence electrons. The van der Waals surface area contributed by atoms with Crippen LogP contribution in [0.15, 0.2) is 12.2 Å². The van der Waals surface area contributed by atoms with E-state index in [-0.39, 0.29) is 0 Å². The average molecular weight is 168 g/mol. The molecule has 1 heteroatoms. The molecule has 12 heavy (non-hydrogen) atoms. The van der Waals surface area contributed by atoms with Crippen LogP contribution in [-0.4, -0.2) is 5.78 Å². The molecule has 1 aliphatic rings. The van der Waals surface area contributed by atoms with Crippen molar-refractivity contribution in [2.45, 2.75) is 52.4 Å². The number of carbonyl (C=O) groups is 1. The van der Waals surface area contributed by atoms with Gasteiger partial charge in [0.15, 0.2) is 0 Å². The molecule has 1 rings (SSSR count). The lowest BCUT2D eigenvalue weighted by Crippen LogP contribution is -1.88. The van der Waals surface area contributed by atoms with Gasteiger partial charge in [-0.15, -0.1) is 0 Å². The van der Waals surface area contributed by atoms with Gasteiger partial charge >= 0.3 is 0 Å². The largest absolute Gasteiger partial charge is 0.300 e. The monoisotopic (exact) mass is 168 g/mol. The first-order valence-corrected chi connectivity index (χ1v) is 4.98. The van der Waals surface area contributed by atoms with E-state index >= 15 is 0 Å². The third-order valence-corrected chi connectivity index (χ3v) is 1.95. The molecule has 0 saturated carbocycles. The van der Waals surface area contributed by atoms with Crippen LogP contribution in [-0.2, 0) is 4.79 Å². The highest BCUT2D eigenvalue weighted by atomic mass is 16.1. The molecule has 0 saturated heterocycles. The fourth-order valence-electron chi connectivity index (χ4n) is 1.01. The highest BCUT2D eigenvalue weighted by Gasteiger charge is 1.87. The number of Topliss-reactive ketones (excluding diaryl/α,β-unsaturated/α-hetero) is 1. The van der Waals surface area contributed by atoms with Crippen molar-refractivity contribution >= 4 is 5.78 Å². The Morgan fingerprint density at radius 1 is 1.08 bits per heavy atom. The molecule has 0 aromatic rings. The Balaban J connectivity index is 0.000000202. The van der Waals surface area contributed by atoms with Gasteiger partial charge in [-0.05, 0) is 25.7 Å². The van der Waals surface area contributed by atoms with Crippen molar-refractivity contribution in [3.8, 4) is 0 Å². The van der Waals surface area contributed by atoms with Gasteiger partial charge in [0.2, 0.25) is 0 Å². The smallest absolute Gasteiger partial charge is 0.132 e. The van der Waals surface area contributed by atoms with Gasteiger partial charge in [-0.1, -0.05) is 26.0 Å². The molecule has 0 fully saturated rings. The maximum absolute atomic E-state index is 10.2. The van der Waals surface area contributed by atoms with Gasteiger partial charge in [-0.25, -0.2) is 0 Å². The highest BCUT2D eigenvalue weighted by molar-refractivity contribution is 5.77. The lowest BCUT2D eigenvalue weighted by Gasteiger charge is -1.97. The lowest BCUT2D eigenvalue weighted by atomic mass is 10.1. The van der Waals surface area contributed by atoms with Gasteiger partial charge in [0.05, 0.1) is 0 Å². The van der Waals surface area contributed by atoms with E-state index in [1.807, 2.05) is 13.8 Å². The van der Waals surface area contributed by atoms with Crippen LogP contribution in [0.25, 0.3) is 0 Å². The van der Waals surface area contributed by atoms with Crippen LogP contribution in [0.3, 0.4) is 0 Å². The molecule has 0 radical (unpaired) electrons. The molecule has 0 aromatic carbocycles. The fourth-order valence-corrected chi connectivity index (χ4v) is 1.01. The van der Waals surface area contributed by atoms with Gasteiger partial charge in [0.25, 0.3) is 0 Å². The van der Waals surface area contributed by atoms with Crippen LogP contribution < -0.4 is 0 Å². The summed E-state index contributed by atoms with van der Waals surface area (Å²) in [6.07, 6.45) is 11.4. The number of hydrogen-bond donors (Lipinski definition) is 0. The molecule has 0 unspecified atom stereocenters. The molecule has 0 amide bonds. The van der Waals surface area contributed by atoms with Crippen LogP contribution >= 0.6 is 0 Å². The van der Waals surface area contributed by atoms with E-state index in [0.717, 1.165) is 0 Å². The van der Waals surface area contributed by atoms with Gasteiger partial charge in [0, 0.05) is 12.8 Å². The van der Waals surface area contributed by atoms with Gasteiger partial charge in [-0.3, -0.25) is 4.79 Å². The summed E-state index contributed by atoms with van der Waals surface area (Å²) in [7, 11) is 0. The average Bonchev–Trinajstić information content (AvgIpc) is 2.20. The predicted molar refractivity (Wildman–Crippen MR) is 53.2 cm³/mol. The van der Waals surface area contributed by atoms with E-state index in [4.69, 9.17) is 0 Å². The Labute approximate surface area is 75.9 Å². The van der Waals surface area contributed by atoms with Crippen LogP contribution in [0.1, 0.15) is 52.4 Å². The van der Waals surface area contributed by atoms with E-state index in [1.165, 1.54) is 25.7 Å². The highest BCUT2D eigenvalue weighted by Crippen LogP contribution is 2.07. The van der Waals surface area contributed by atoms with Crippen LogP contribution in [0.5, 0.6) is 0 Å². The number of allylic oxidation sites excluding steroid dienone is 2. The molecule has 1 aliphatic carbocycles. The second kappa shape index (κ2) is 8.51. The molecule has 1 nitrogen and oxygen atoms in total. The molecule has 0 aromatic heterocycles. The summed E-state index contributed by atoms with van der Waals surface area (Å²) in [5.74, 6) is 0.343. The minimum absolute atomic E-state index is 0.343. The van der Waals surface area contributed by atoms with Crippen molar-refractivity contribution in [1.82, 2.24) is 0 Å². The Morgan fingerprint density at radius 3 is 1.58 bits per heavy atom. The second-order valence-corrected chi connectivity index (χ2v) is 3.00. The molecule has 0 atom stereocenters. The first-order chi connectivity index (χ1) is 5.81. The maximum Gasteiger partial charge on any atom is 0.132 e. The SMILES string of the molecule is C1=CCCCC1.CCC(=O)CC. The summed E-state index contributed by atoms with van der Waals surface area (Å²) in [5.41, 5.74) is 0. The number of rotatable bonds is 2. The quantitative estimate of drug-likeness (QED) is 0.577. The first-order valence-electron chi connectivity index (χ1n) is 4.98. The molecule has 0 spiro atoms. The molecule has 0 heterocycles. The van der Waals surface area contributed by atoms with Crippen molar-refractivity contribution in [2.24, 2.45) is 0 Å². The topological polar surface area (TPSA) is 17.1 Å². The third kappa shape index (κ3) is 7.52. The van der Waals surface area contributed by atoms with Crippen molar-refractivity contribution in [1.29, 1.82) is 0 Å². The zero-order valence-corrected chi connectivity index (χ0v) is 8.31. The summed E-state index contributed by atoms with van der Waals surface area (Å²) < 4.78 is 0. The van der Waals surface area contributed by atoms with Gasteiger partial charge in [0.1, 0.15) is 5.78 Å². The summed E-state index contributed by atoms with van der Waals surface area (Å²) >= 11 is 0. The minimum atomic E-state index is 0.343. The zero-order chi connectivity index (χ0) is 9.23. The van der Waals surface area contributed by atoms with E-state index in [9.17, 15) is 4.79 Å². The van der Waals surface area contributed by atoms with E-state index in [0.29, 0.717) is 18.6 Å². The third-order valence-electron chi connectivity index (χ3n) is 1.95. The summed E-state index contributed by atoms with van der Waals surface area (Å²) in [6.45, 7) is 3.76. The Kier molecular flexibility index (Phi) is 8.09. The first kappa shape index (κ1) is 11.4.